The van der Waals surface area contributed by atoms with Gasteiger partial charge in [0.2, 0.25) is 0 Å². The Morgan fingerprint density at radius 1 is 1.50 bits per heavy atom. The van der Waals surface area contributed by atoms with E-state index in [0.717, 1.165) is 18.5 Å². The lowest BCUT2D eigenvalue weighted by molar-refractivity contribution is 0.401. The molecule has 0 heterocycles. The van der Waals surface area contributed by atoms with Crippen molar-refractivity contribution in [3.63, 3.8) is 0 Å². The third kappa shape index (κ3) is 5.57. The first-order valence-corrected chi connectivity index (χ1v) is 3.61. The molecule has 0 aliphatic carbocycles. The highest BCUT2D eigenvalue weighted by atomic mass is 15.0. The second-order valence-corrected chi connectivity index (χ2v) is 2.77. The van der Waals surface area contributed by atoms with E-state index in [2.05, 4.69) is 32.2 Å². The van der Waals surface area contributed by atoms with E-state index in [1.54, 1.807) is 0 Å². The summed E-state index contributed by atoms with van der Waals surface area (Å²) in [7, 11) is 4.16. The van der Waals surface area contributed by atoms with Gasteiger partial charge in [-0.2, -0.15) is 0 Å². The molecule has 0 aliphatic heterocycles. The van der Waals surface area contributed by atoms with Crippen molar-refractivity contribution in [3.8, 4) is 0 Å². The van der Waals surface area contributed by atoms with Gasteiger partial charge in [-0.25, -0.2) is 0 Å². The second kappa shape index (κ2) is 5.24. The highest BCUT2D eigenvalue weighted by Gasteiger charge is 1.90. The number of nitrogens with zero attached hydrogens (tertiary/aromatic N) is 1. The topological polar surface area (TPSA) is 3.24 Å². The standard InChI is InChI=1S/C9H17N/c1-5-9(2)7-6-8-10(3)4/h5H,1-2,6-8H2,3-4H3. The van der Waals surface area contributed by atoms with Gasteiger partial charge < -0.3 is 4.90 Å². The summed E-state index contributed by atoms with van der Waals surface area (Å²) in [5, 5.41) is 0. The molecular formula is C9H17N. The average Bonchev–Trinajstić information content (AvgIpc) is 1.87. The Morgan fingerprint density at radius 2 is 2.10 bits per heavy atom. The predicted molar refractivity (Wildman–Crippen MR) is 47.1 cm³/mol. The predicted octanol–water partition coefficient (Wildman–Crippen LogP) is 2.07. The molecule has 0 saturated heterocycles. The van der Waals surface area contributed by atoms with E-state index >= 15 is 0 Å². The minimum absolute atomic E-state index is 1.07. The van der Waals surface area contributed by atoms with Crippen molar-refractivity contribution in [2.45, 2.75) is 12.8 Å². The maximum absolute atomic E-state index is 3.83. The Hall–Kier alpha value is -0.560. The summed E-state index contributed by atoms with van der Waals surface area (Å²) in [6.45, 7) is 8.61. The van der Waals surface area contributed by atoms with Crippen molar-refractivity contribution in [1.82, 2.24) is 4.90 Å². The van der Waals surface area contributed by atoms with Crippen LogP contribution in [-0.4, -0.2) is 25.5 Å². The Labute approximate surface area is 64.0 Å². The molecule has 0 atom stereocenters. The first-order chi connectivity index (χ1) is 4.66. The molecule has 0 saturated carbocycles. The van der Waals surface area contributed by atoms with Crippen LogP contribution in [-0.2, 0) is 0 Å². The van der Waals surface area contributed by atoms with Gasteiger partial charge in [0.25, 0.3) is 0 Å². The Bertz CT molecular complexity index is 114. The lowest BCUT2D eigenvalue weighted by atomic mass is 10.1. The fourth-order valence-corrected chi connectivity index (χ4v) is 0.724. The first kappa shape index (κ1) is 9.44. The lowest BCUT2D eigenvalue weighted by Gasteiger charge is -2.08. The van der Waals surface area contributed by atoms with Crippen LogP contribution in [0.25, 0.3) is 0 Å². The number of allylic oxidation sites excluding steroid dienone is 2. The van der Waals surface area contributed by atoms with Gasteiger partial charge in [-0.1, -0.05) is 24.8 Å². The summed E-state index contributed by atoms with van der Waals surface area (Å²) in [4.78, 5) is 2.18. The third-order valence-electron chi connectivity index (χ3n) is 1.39. The zero-order valence-electron chi connectivity index (χ0n) is 7.06. The largest absolute Gasteiger partial charge is 0.309 e. The maximum atomic E-state index is 3.83. The van der Waals surface area contributed by atoms with E-state index in [1.807, 2.05) is 6.08 Å². The molecule has 0 amide bonds. The molecule has 0 aromatic rings. The quantitative estimate of drug-likeness (QED) is 0.527. The first-order valence-electron chi connectivity index (χ1n) is 3.61. The Morgan fingerprint density at radius 3 is 2.50 bits per heavy atom. The highest BCUT2D eigenvalue weighted by molar-refractivity contribution is 5.10. The zero-order chi connectivity index (χ0) is 7.98. The summed E-state index contributed by atoms with van der Waals surface area (Å²) < 4.78 is 0. The van der Waals surface area contributed by atoms with E-state index in [0.29, 0.717) is 0 Å². The van der Waals surface area contributed by atoms with Gasteiger partial charge in [0.15, 0.2) is 0 Å². The van der Waals surface area contributed by atoms with Crippen molar-refractivity contribution in [2.75, 3.05) is 20.6 Å². The maximum Gasteiger partial charge on any atom is -0.00217 e. The molecule has 0 unspecified atom stereocenters. The molecular weight excluding hydrogens is 122 g/mol. The van der Waals surface area contributed by atoms with Gasteiger partial charge in [0.1, 0.15) is 0 Å². The molecule has 0 rings (SSSR count). The van der Waals surface area contributed by atoms with Crippen LogP contribution < -0.4 is 0 Å². The smallest absolute Gasteiger partial charge is 0.00217 e. The number of hydrogen-bond acceptors (Lipinski definition) is 1. The molecule has 10 heavy (non-hydrogen) atoms. The normalized spacial score (nSPS) is 9.90. The van der Waals surface area contributed by atoms with E-state index in [1.165, 1.54) is 6.42 Å². The highest BCUT2D eigenvalue weighted by Crippen LogP contribution is 2.02. The molecule has 0 aromatic heterocycles. The molecule has 1 heteroatoms. The van der Waals surface area contributed by atoms with Crippen LogP contribution in [0.5, 0.6) is 0 Å². The summed E-state index contributed by atoms with van der Waals surface area (Å²) in [6, 6.07) is 0. The molecule has 58 valence electrons. The minimum Gasteiger partial charge on any atom is -0.309 e. The van der Waals surface area contributed by atoms with Crippen LogP contribution in [0.15, 0.2) is 24.8 Å². The molecule has 0 radical (unpaired) electrons. The monoisotopic (exact) mass is 139 g/mol. The van der Waals surface area contributed by atoms with Crippen LogP contribution in [0.2, 0.25) is 0 Å². The summed E-state index contributed by atoms with van der Waals surface area (Å²) >= 11 is 0. The van der Waals surface area contributed by atoms with Crippen LogP contribution in [0.1, 0.15) is 12.8 Å². The summed E-state index contributed by atoms with van der Waals surface area (Å²) in [6.07, 6.45) is 4.08. The minimum atomic E-state index is 1.07. The number of hydrogen-bond donors (Lipinski definition) is 0. The molecule has 0 spiro atoms. The second-order valence-electron chi connectivity index (χ2n) is 2.77. The van der Waals surface area contributed by atoms with Crippen molar-refractivity contribution < 1.29 is 0 Å². The van der Waals surface area contributed by atoms with E-state index < -0.39 is 0 Å². The number of rotatable bonds is 5. The van der Waals surface area contributed by atoms with Crippen LogP contribution >= 0.6 is 0 Å². The zero-order valence-corrected chi connectivity index (χ0v) is 7.06. The van der Waals surface area contributed by atoms with Crippen molar-refractivity contribution in [3.05, 3.63) is 24.8 Å². The van der Waals surface area contributed by atoms with E-state index in [-0.39, 0.29) is 0 Å². The average molecular weight is 139 g/mol. The van der Waals surface area contributed by atoms with Gasteiger partial charge in [-0.3, -0.25) is 0 Å². The lowest BCUT2D eigenvalue weighted by Crippen LogP contribution is -2.12. The Kier molecular flexibility index (Phi) is 4.95. The van der Waals surface area contributed by atoms with E-state index in [9.17, 15) is 0 Å². The van der Waals surface area contributed by atoms with Gasteiger partial charge in [-0.15, -0.1) is 0 Å². The fourth-order valence-electron chi connectivity index (χ4n) is 0.724. The molecule has 0 aliphatic rings. The molecule has 0 bridgehead atoms. The van der Waals surface area contributed by atoms with Crippen molar-refractivity contribution in [2.24, 2.45) is 0 Å². The van der Waals surface area contributed by atoms with Crippen molar-refractivity contribution >= 4 is 0 Å². The molecule has 1 nitrogen and oxygen atoms in total. The SMILES string of the molecule is C=CC(=C)CCCN(C)C. The Balaban J connectivity index is 3.19. The molecule has 0 aromatic carbocycles. The van der Waals surface area contributed by atoms with Crippen molar-refractivity contribution in [1.29, 1.82) is 0 Å². The fraction of sp³-hybridized carbons (Fsp3) is 0.556. The van der Waals surface area contributed by atoms with Crippen LogP contribution in [0.3, 0.4) is 0 Å². The van der Waals surface area contributed by atoms with Crippen LogP contribution in [0.4, 0.5) is 0 Å². The molecule has 0 N–H and O–H groups in total. The summed E-state index contributed by atoms with van der Waals surface area (Å²) in [5.41, 5.74) is 1.14. The van der Waals surface area contributed by atoms with Crippen LogP contribution in [0, 0.1) is 0 Å². The molecule has 0 fully saturated rings. The van der Waals surface area contributed by atoms with Gasteiger partial charge in [0.05, 0.1) is 0 Å². The van der Waals surface area contributed by atoms with E-state index in [4.69, 9.17) is 0 Å². The summed E-state index contributed by atoms with van der Waals surface area (Å²) in [5.74, 6) is 0. The van der Waals surface area contributed by atoms with Gasteiger partial charge in [0, 0.05) is 0 Å². The third-order valence-corrected chi connectivity index (χ3v) is 1.39. The van der Waals surface area contributed by atoms with Gasteiger partial charge >= 0.3 is 0 Å². The van der Waals surface area contributed by atoms with Gasteiger partial charge in [-0.05, 0) is 33.5 Å².